The second kappa shape index (κ2) is 7.04. The molecule has 1 atom stereocenters. The first-order valence-electron chi connectivity index (χ1n) is 7.57. The lowest BCUT2D eigenvalue weighted by Gasteiger charge is -2.25. The summed E-state index contributed by atoms with van der Waals surface area (Å²) in [5.41, 5.74) is 1.59. The Labute approximate surface area is 120 Å². The minimum absolute atomic E-state index is 0.0617. The van der Waals surface area contributed by atoms with E-state index in [1.165, 1.54) is 0 Å². The van der Waals surface area contributed by atoms with Crippen LogP contribution in [0.1, 0.15) is 44.7 Å². The van der Waals surface area contributed by atoms with E-state index in [1.54, 1.807) is 6.07 Å². The van der Waals surface area contributed by atoms with Gasteiger partial charge in [0.25, 0.3) is 0 Å². The third-order valence-electron chi connectivity index (χ3n) is 3.81. The molecule has 0 heterocycles. The molecule has 0 bridgehead atoms. The number of benzene rings is 1. The minimum Gasteiger partial charge on any atom is -0.395 e. The van der Waals surface area contributed by atoms with Crippen molar-refractivity contribution in [1.29, 1.82) is 0 Å². The second-order valence-corrected chi connectivity index (χ2v) is 5.53. The maximum Gasteiger partial charge on any atom is 0.146 e. The zero-order chi connectivity index (χ0) is 14.5. The molecule has 3 nitrogen and oxygen atoms in total. The third-order valence-corrected chi connectivity index (χ3v) is 3.81. The largest absolute Gasteiger partial charge is 0.395 e. The van der Waals surface area contributed by atoms with E-state index in [9.17, 15) is 4.39 Å². The average molecular weight is 280 g/mol. The van der Waals surface area contributed by atoms with Crippen molar-refractivity contribution in [3.63, 3.8) is 0 Å². The molecular formula is C16H25FN2O. The van der Waals surface area contributed by atoms with Gasteiger partial charge in [0.1, 0.15) is 5.82 Å². The van der Waals surface area contributed by atoms with Gasteiger partial charge in [0.05, 0.1) is 12.3 Å². The predicted octanol–water partition coefficient (Wildman–Crippen LogP) is 2.85. The molecule has 1 fully saturated rings. The zero-order valence-electron chi connectivity index (χ0n) is 12.4. The molecule has 0 saturated heterocycles. The molecular weight excluding hydrogens is 255 g/mol. The lowest BCUT2D eigenvalue weighted by molar-refractivity contribution is 0.301. The van der Waals surface area contributed by atoms with E-state index in [0.717, 1.165) is 31.4 Å². The Morgan fingerprint density at radius 3 is 2.75 bits per heavy atom. The van der Waals surface area contributed by atoms with Crippen LogP contribution < -0.4 is 10.2 Å². The van der Waals surface area contributed by atoms with E-state index in [4.69, 9.17) is 5.11 Å². The van der Waals surface area contributed by atoms with Crippen LogP contribution in [-0.2, 0) is 0 Å². The first-order valence-corrected chi connectivity index (χ1v) is 7.57. The van der Waals surface area contributed by atoms with Crippen LogP contribution >= 0.6 is 0 Å². The van der Waals surface area contributed by atoms with E-state index in [2.05, 4.69) is 19.2 Å². The van der Waals surface area contributed by atoms with Crippen LogP contribution in [0, 0.1) is 5.82 Å². The summed E-state index contributed by atoms with van der Waals surface area (Å²) in [6.45, 7) is 5.67. The number of hydrogen-bond donors (Lipinski definition) is 2. The van der Waals surface area contributed by atoms with Gasteiger partial charge in [0.2, 0.25) is 0 Å². The Hall–Kier alpha value is -1.13. The molecule has 1 aliphatic carbocycles. The number of aliphatic hydroxyl groups is 1. The fraction of sp³-hybridized carbons (Fsp3) is 0.625. The summed E-state index contributed by atoms with van der Waals surface area (Å²) in [4.78, 5) is 1.99. The first kappa shape index (κ1) is 15.3. The van der Waals surface area contributed by atoms with Gasteiger partial charge in [-0.05, 0) is 50.4 Å². The third kappa shape index (κ3) is 3.70. The maximum absolute atomic E-state index is 14.3. The van der Waals surface area contributed by atoms with Gasteiger partial charge in [-0.1, -0.05) is 13.0 Å². The predicted molar refractivity (Wildman–Crippen MR) is 80.6 cm³/mol. The van der Waals surface area contributed by atoms with Crippen LogP contribution in [-0.4, -0.2) is 30.8 Å². The fourth-order valence-electron chi connectivity index (χ4n) is 2.50. The lowest BCUT2D eigenvalue weighted by atomic mass is 10.1. The summed E-state index contributed by atoms with van der Waals surface area (Å²) in [5, 5.41) is 12.5. The van der Waals surface area contributed by atoms with E-state index in [0.29, 0.717) is 18.3 Å². The molecule has 0 aromatic heterocycles. The Morgan fingerprint density at radius 2 is 2.20 bits per heavy atom. The van der Waals surface area contributed by atoms with Crippen molar-refractivity contribution in [2.24, 2.45) is 0 Å². The molecule has 1 aromatic rings. The monoisotopic (exact) mass is 280 g/mol. The van der Waals surface area contributed by atoms with Crippen molar-refractivity contribution in [3.05, 3.63) is 29.6 Å². The lowest BCUT2D eigenvalue weighted by Crippen LogP contribution is -2.29. The number of nitrogens with one attached hydrogen (secondary N) is 1. The smallest absolute Gasteiger partial charge is 0.146 e. The quantitative estimate of drug-likeness (QED) is 0.768. The highest BCUT2D eigenvalue weighted by Gasteiger charge is 2.30. The van der Waals surface area contributed by atoms with Crippen molar-refractivity contribution < 1.29 is 9.50 Å². The number of anilines is 1. The van der Waals surface area contributed by atoms with Crippen molar-refractivity contribution in [1.82, 2.24) is 5.32 Å². The maximum atomic E-state index is 14.3. The Bertz CT molecular complexity index is 434. The number of aliphatic hydroxyl groups excluding tert-OH is 1. The van der Waals surface area contributed by atoms with Crippen LogP contribution in [0.25, 0.3) is 0 Å². The van der Waals surface area contributed by atoms with E-state index >= 15 is 0 Å². The van der Waals surface area contributed by atoms with Crippen LogP contribution in [0.3, 0.4) is 0 Å². The highest BCUT2D eigenvalue weighted by Crippen LogP contribution is 2.33. The van der Waals surface area contributed by atoms with Crippen LogP contribution in [0.5, 0.6) is 0 Å². The molecule has 2 N–H and O–H groups in total. The second-order valence-electron chi connectivity index (χ2n) is 5.53. The van der Waals surface area contributed by atoms with Gasteiger partial charge in [0.15, 0.2) is 0 Å². The standard InChI is InChI=1S/C16H25FN2O/c1-3-8-18-12(2)13-4-7-16(15(17)11-13)19(9-10-20)14-5-6-14/h4,7,11-12,14,18,20H,3,5-6,8-10H2,1-2H3. The number of hydrogen-bond acceptors (Lipinski definition) is 3. The Morgan fingerprint density at radius 1 is 1.45 bits per heavy atom. The summed E-state index contributed by atoms with van der Waals surface area (Å²) >= 11 is 0. The van der Waals surface area contributed by atoms with Gasteiger partial charge >= 0.3 is 0 Å². The summed E-state index contributed by atoms with van der Waals surface area (Å²) in [5.74, 6) is -0.187. The molecule has 0 aliphatic heterocycles. The van der Waals surface area contributed by atoms with Gasteiger partial charge in [-0.15, -0.1) is 0 Å². The van der Waals surface area contributed by atoms with Crippen LogP contribution in [0.15, 0.2) is 18.2 Å². The fourth-order valence-corrected chi connectivity index (χ4v) is 2.50. The molecule has 112 valence electrons. The summed E-state index contributed by atoms with van der Waals surface area (Å²) in [7, 11) is 0. The topological polar surface area (TPSA) is 35.5 Å². The van der Waals surface area contributed by atoms with Crippen molar-refractivity contribution in [3.8, 4) is 0 Å². The summed E-state index contributed by atoms with van der Waals surface area (Å²) < 4.78 is 14.3. The van der Waals surface area contributed by atoms with E-state index in [-0.39, 0.29) is 18.5 Å². The van der Waals surface area contributed by atoms with Crippen LogP contribution in [0.2, 0.25) is 0 Å². The van der Waals surface area contributed by atoms with E-state index < -0.39 is 0 Å². The number of halogens is 1. The Kier molecular flexibility index (Phi) is 5.38. The van der Waals surface area contributed by atoms with Gasteiger partial charge in [-0.2, -0.15) is 0 Å². The Balaban J connectivity index is 2.11. The van der Waals surface area contributed by atoms with Crippen LogP contribution in [0.4, 0.5) is 10.1 Å². The minimum atomic E-state index is -0.187. The van der Waals surface area contributed by atoms with Crippen molar-refractivity contribution in [2.75, 3.05) is 24.6 Å². The molecule has 0 amide bonds. The molecule has 2 rings (SSSR count). The molecule has 4 heteroatoms. The molecule has 1 saturated carbocycles. The van der Waals surface area contributed by atoms with Crippen molar-refractivity contribution >= 4 is 5.69 Å². The molecule has 1 aromatic carbocycles. The first-order chi connectivity index (χ1) is 9.67. The SMILES string of the molecule is CCCNC(C)c1ccc(N(CCO)C2CC2)c(F)c1. The molecule has 0 radical (unpaired) electrons. The highest BCUT2D eigenvalue weighted by molar-refractivity contribution is 5.51. The molecule has 20 heavy (non-hydrogen) atoms. The summed E-state index contributed by atoms with van der Waals surface area (Å²) in [6, 6.07) is 6.01. The molecule has 1 unspecified atom stereocenters. The van der Waals surface area contributed by atoms with Gasteiger partial charge in [-0.25, -0.2) is 4.39 Å². The normalized spacial score (nSPS) is 16.2. The van der Waals surface area contributed by atoms with Crippen molar-refractivity contribution in [2.45, 2.75) is 45.2 Å². The van der Waals surface area contributed by atoms with Gasteiger partial charge in [0, 0.05) is 18.6 Å². The summed E-state index contributed by atoms with van der Waals surface area (Å²) in [6.07, 6.45) is 3.25. The average Bonchev–Trinajstić information content (AvgIpc) is 3.27. The van der Waals surface area contributed by atoms with Gasteiger partial charge < -0.3 is 15.3 Å². The van der Waals surface area contributed by atoms with E-state index in [1.807, 2.05) is 17.0 Å². The van der Waals surface area contributed by atoms with Gasteiger partial charge in [-0.3, -0.25) is 0 Å². The molecule has 1 aliphatic rings. The number of rotatable bonds is 8. The molecule has 0 spiro atoms. The highest BCUT2D eigenvalue weighted by atomic mass is 19.1. The number of nitrogens with zero attached hydrogens (tertiary/aromatic N) is 1. The zero-order valence-corrected chi connectivity index (χ0v) is 12.4.